The number of nitrogens with one attached hydrogen (secondary N) is 1. The lowest BCUT2D eigenvalue weighted by molar-refractivity contribution is -0.141. The van der Waals surface area contributed by atoms with Gasteiger partial charge in [-0.05, 0) is 48.4 Å². The summed E-state index contributed by atoms with van der Waals surface area (Å²) in [5, 5.41) is 20.8. The van der Waals surface area contributed by atoms with Crippen molar-refractivity contribution in [1.29, 1.82) is 5.26 Å². The van der Waals surface area contributed by atoms with Gasteiger partial charge >= 0.3 is 12.1 Å². The highest BCUT2D eigenvalue weighted by Gasteiger charge is 2.25. The summed E-state index contributed by atoms with van der Waals surface area (Å²) in [6.07, 6.45) is -1.30. The van der Waals surface area contributed by atoms with Gasteiger partial charge in [0.2, 0.25) is 0 Å². The van der Waals surface area contributed by atoms with Crippen molar-refractivity contribution in [3.63, 3.8) is 0 Å². The highest BCUT2D eigenvalue weighted by atomic mass is 32.1. The van der Waals surface area contributed by atoms with E-state index >= 15 is 0 Å². The first kappa shape index (κ1) is 23.0. The molecule has 0 unspecified atom stereocenters. The fraction of sp³-hybridized carbons (Fsp3) is 0.286. The Labute approximate surface area is 178 Å². The van der Waals surface area contributed by atoms with Gasteiger partial charge in [0.15, 0.2) is 11.6 Å². The lowest BCUT2D eigenvalue weighted by atomic mass is 9.94. The van der Waals surface area contributed by atoms with Gasteiger partial charge in [0.05, 0.1) is 24.0 Å². The van der Waals surface area contributed by atoms with Crippen LogP contribution in [0, 0.1) is 23.1 Å². The highest BCUT2D eigenvalue weighted by molar-refractivity contribution is 7.81. The maximum atomic E-state index is 13.9. The van der Waals surface area contributed by atoms with Crippen molar-refractivity contribution in [1.82, 2.24) is 0 Å². The van der Waals surface area contributed by atoms with Crippen molar-refractivity contribution in [3.05, 3.63) is 59.4 Å². The lowest BCUT2D eigenvalue weighted by Gasteiger charge is -2.25. The molecule has 0 aliphatic rings. The summed E-state index contributed by atoms with van der Waals surface area (Å²) in [4.78, 5) is 23.6. The monoisotopic (exact) mass is 432 g/mol. The number of esters is 1. The molecule has 7 nitrogen and oxygen atoms in total. The maximum Gasteiger partial charge on any atom is 0.412 e. The second-order valence-corrected chi connectivity index (χ2v) is 6.81. The molecule has 0 saturated carbocycles. The van der Waals surface area contributed by atoms with Crippen molar-refractivity contribution in [2.45, 2.75) is 19.4 Å². The molecular weight excluding hydrogens is 411 g/mol. The van der Waals surface area contributed by atoms with E-state index in [0.29, 0.717) is 23.2 Å². The second-order valence-electron chi connectivity index (χ2n) is 6.50. The zero-order valence-corrected chi connectivity index (χ0v) is 17.1. The highest BCUT2D eigenvalue weighted by Crippen LogP contribution is 2.31. The Hall–Kier alpha value is -3.25. The van der Waals surface area contributed by atoms with Gasteiger partial charge in [-0.1, -0.05) is 13.0 Å². The molecule has 0 aromatic heterocycles. The topological polar surface area (TPSA) is 109 Å². The van der Waals surface area contributed by atoms with E-state index in [1.807, 2.05) is 6.07 Å². The Morgan fingerprint density at radius 1 is 1.27 bits per heavy atom. The van der Waals surface area contributed by atoms with E-state index in [1.165, 1.54) is 12.1 Å². The van der Waals surface area contributed by atoms with Gasteiger partial charge in [-0.3, -0.25) is 10.1 Å². The molecule has 2 N–H and O–H groups in total. The number of hydrogen-bond donors (Lipinski definition) is 3. The van der Waals surface area contributed by atoms with Gasteiger partial charge < -0.3 is 14.6 Å². The minimum absolute atomic E-state index is 0.0511. The minimum Gasteiger partial charge on any atom is -0.505 e. The smallest absolute Gasteiger partial charge is 0.412 e. The molecule has 30 heavy (non-hydrogen) atoms. The summed E-state index contributed by atoms with van der Waals surface area (Å²) in [7, 11) is 0. The average Bonchev–Trinajstić information content (AvgIpc) is 2.74. The van der Waals surface area contributed by atoms with Crippen LogP contribution in [0.2, 0.25) is 0 Å². The number of carbonyl (C=O) groups is 2. The molecule has 0 aliphatic heterocycles. The molecule has 0 heterocycles. The summed E-state index contributed by atoms with van der Waals surface area (Å²) in [5.41, 5.74) is 1.20. The molecule has 0 bridgehead atoms. The molecular formula is C21H21FN2O5S. The van der Waals surface area contributed by atoms with Gasteiger partial charge in [-0.25, -0.2) is 9.18 Å². The number of thiol groups is 1. The zero-order chi connectivity index (χ0) is 22.1. The fourth-order valence-corrected chi connectivity index (χ4v) is 2.75. The van der Waals surface area contributed by atoms with Crippen molar-refractivity contribution in [2.75, 3.05) is 17.7 Å². The number of carbonyl (C=O) groups excluding carboxylic acids is 2. The third kappa shape index (κ3) is 6.67. The molecule has 2 aromatic carbocycles. The molecule has 0 saturated heterocycles. The van der Waals surface area contributed by atoms with E-state index in [0.717, 1.165) is 6.07 Å². The van der Waals surface area contributed by atoms with Crippen LogP contribution in [0.4, 0.5) is 14.9 Å². The van der Waals surface area contributed by atoms with Crippen LogP contribution in [0.25, 0.3) is 0 Å². The summed E-state index contributed by atoms with van der Waals surface area (Å²) < 4.78 is 24.4. The number of aromatic hydroxyl groups is 1. The van der Waals surface area contributed by atoms with Gasteiger partial charge in [0, 0.05) is 11.6 Å². The first-order valence-corrected chi connectivity index (χ1v) is 9.70. The minimum atomic E-state index is -0.867. The van der Waals surface area contributed by atoms with E-state index in [1.54, 1.807) is 31.2 Å². The Kier molecular flexibility index (Phi) is 8.50. The molecule has 2 atom stereocenters. The number of benzene rings is 2. The summed E-state index contributed by atoms with van der Waals surface area (Å²) in [5.74, 6) is -2.23. The zero-order valence-electron chi connectivity index (χ0n) is 16.2. The average molecular weight is 432 g/mol. The van der Waals surface area contributed by atoms with Gasteiger partial charge in [-0.2, -0.15) is 17.9 Å². The van der Waals surface area contributed by atoms with Crippen LogP contribution in [-0.4, -0.2) is 29.5 Å². The number of halogens is 1. The molecule has 2 rings (SSSR count). The number of phenolic OH excluding ortho intramolecular Hbond substituents is 1. The van der Waals surface area contributed by atoms with Crippen LogP contribution >= 0.6 is 12.6 Å². The fourth-order valence-electron chi connectivity index (χ4n) is 2.66. The normalized spacial score (nSPS) is 12.3. The van der Waals surface area contributed by atoms with Crippen LogP contribution < -0.4 is 5.32 Å². The SMILES string of the molecule is C[C@@H](CCOC(=O)CS)[C@@H](OC(=O)Nc1ccc(C#N)cc1)c1ccc(O)c(F)c1. The van der Waals surface area contributed by atoms with Gasteiger partial charge in [0.25, 0.3) is 0 Å². The molecule has 158 valence electrons. The van der Waals surface area contributed by atoms with Crippen molar-refractivity contribution < 1.29 is 28.6 Å². The molecule has 0 aliphatic carbocycles. The Morgan fingerprint density at radius 2 is 1.97 bits per heavy atom. The van der Waals surface area contributed by atoms with Crippen molar-refractivity contribution >= 4 is 30.4 Å². The summed E-state index contributed by atoms with van der Waals surface area (Å²) in [6, 6.07) is 11.9. The van der Waals surface area contributed by atoms with Crippen LogP contribution in [0.1, 0.15) is 30.6 Å². The summed E-state index contributed by atoms with van der Waals surface area (Å²) >= 11 is 3.83. The van der Waals surface area contributed by atoms with Crippen LogP contribution in [0.15, 0.2) is 42.5 Å². The molecule has 2 aromatic rings. The van der Waals surface area contributed by atoms with Crippen LogP contribution in [0.5, 0.6) is 5.75 Å². The molecule has 1 amide bonds. The maximum absolute atomic E-state index is 13.9. The van der Waals surface area contributed by atoms with Crippen molar-refractivity contribution in [2.24, 2.45) is 5.92 Å². The summed E-state index contributed by atoms with van der Waals surface area (Å²) in [6.45, 7) is 1.84. The second kappa shape index (κ2) is 11.1. The first-order chi connectivity index (χ1) is 14.3. The van der Waals surface area contributed by atoms with E-state index in [4.69, 9.17) is 14.7 Å². The predicted octanol–water partition coefficient (Wildman–Crippen LogP) is 4.19. The molecule has 0 fully saturated rings. The predicted molar refractivity (Wildman–Crippen MR) is 111 cm³/mol. The van der Waals surface area contributed by atoms with Crippen molar-refractivity contribution in [3.8, 4) is 11.8 Å². The lowest BCUT2D eigenvalue weighted by Crippen LogP contribution is -2.23. The molecule has 0 radical (unpaired) electrons. The third-order valence-corrected chi connectivity index (χ3v) is 4.54. The van der Waals surface area contributed by atoms with Gasteiger partial charge in [0.1, 0.15) is 6.10 Å². The number of rotatable bonds is 8. The number of phenols is 1. The Morgan fingerprint density at radius 3 is 2.57 bits per heavy atom. The number of ether oxygens (including phenoxy) is 2. The number of amides is 1. The Bertz CT molecular complexity index is 930. The van der Waals surface area contributed by atoms with E-state index in [-0.39, 0.29) is 18.3 Å². The van der Waals surface area contributed by atoms with E-state index in [2.05, 4.69) is 17.9 Å². The van der Waals surface area contributed by atoms with Crippen LogP contribution in [-0.2, 0) is 14.3 Å². The Balaban J connectivity index is 2.12. The number of nitriles is 1. The largest absolute Gasteiger partial charge is 0.505 e. The first-order valence-electron chi connectivity index (χ1n) is 9.06. The number of hydrogen-bond acceptors (Lipinski definition) is 7. The van der Waals surface area contributed by atoms with Gasteiger partial charge in [-0.15, -0.1) is 0 Å². The number of anilines is 1. The van der Waals surface area contributed by atoms with E-state index < -0.39 is 29.7 Å². The van der Waals surface area contributed by atoms with E-state index in [9.17, 15) is 19.1 Å². The number of nitrogens with zero attached hydrogens (tertiary/aromatic N) is 1. The van der Waals surface area contributed by atoms with Crippen LogP contribution in [0.3, 0.4) is 0 Å². The quantitative estimate of drug-likeness (QED) is 0.426. The molecule has 9 heteroatoms. The molecule has 0 spiro atoms. The third-order valence-electron chi connectivity index (χ3n) is 4.28. The standard InChI is InChI=1S/C21H21FN2O5S/c1-13(8-9-28-19(26)12-30)20(15-4-7-18(25)17(22)10-15)29-21(27)24-16-5-2-14(11-23)3-6-16/h2-7,10,13,20,25,30H,8-9,12H2,1H3,(H,24,27)/t13-,20+/m0/s1.